The Morgan fingerprint density at radius 2 is 1.67 bits per heavy atom. The summed E-state index contributed by atoms with van der Waals surface area (Å²) in [6.07, 6.45) is -0.963. The van der Waals surface area contributed by atoms with Crippen LogP contribution in [0.3, 0.4) is 0 Å². The van der Waals surface area contributed by atoms with E-state index in [1.54, 1.807) is 11.8 Å². The van der Waals surface area contributed by atoms with E-state index in [0.717, 1.165) is 21.2 Å². The Balaban J connectivity index is 1.37. The first-order chi connectivity index (χ1) is 15.9. The first-order valence-corrected chi connectivity index (χ1v) is 11.1. The van der Waals surface area contributed by atoms with Gasteiger partial charge in [-0.2, -0.15) is 0 Å². The second kappa shape index (κ2) is 9.74. The van der Waals surface area contributed by atoms with Crippen molar-refractivity contribution < 1.29 is 19.2 Å². The standard InChI is InChI=1S/C24H21N3O5S/c1-16(24(29)25-17-7-6-8-18(15-17)27(30)31)32-23(28)13-14-26-19-9-2-4-11-21(19)33-22-12-5-3-10-20(22)26/h2-12,15-16H,13-14H2,1H3,(H,25,29)/t16-/m1/s1. The summed E-state index contributed by atoms with van der Waals surface area (Å²) in [4.78, 5) is 39.5. The highest BCUT2D eigenvalue weighted by molar-refractivity contribution is 7.99. The number of fused-ring (bicyclic) bond motifs is 2. The van der Waals surface area contributed by atoms with Gasteiger partial charge < -0.3 is 15.0 Å². The number of nitro groups is 1. The molecule has 9 heteroatoms. The average molecular weight is 464 g/mol. The third-order valence-electron chi connectivity index (χ3n) is 5.07. The second-order valence-corrected chi connectivity index (χ2v) is 8.45. The van der Waals surface area contributed by atoms with Crippen LogP contribution in [0.4, 0.5) is 22.7 Å². The van der Waals surface area contributed by atoms with Crippen molar-refractivity contribution in [3.63, 3.8) is 0 Å². The molecule has 0 aliphatic carbocycles. The zero-order valence-corrected chi connectivity index (χ0v) is 18.6. The van der Waals surface area contributed by atoms with Crippen LogP contribution in [-0.4, -0.2) is 29.4 Å². The van der Waals surface area contributed by atoms with E-state index in [1.807, 2.05) is 48.5 Å². The van der Waals surface area contributed by atoms with Gasteiger partial charge in [0.15, 0.2) is 6.10 Å². The third kappa shape index (κ3) is 5.15. The predicted molar refractivity (Wildman–Crippen MR) is 126 cm³/mol. The first kappa shape index (κ1) is 22.3. The fourth-order valence-electron chi connectivity index (χ4n) is 3.48. The lowest BCUT2D eigenvalue weighted by atomic mass is 10.2. The van der Waals surface area contributed by atoms with Gasteiger partial charge in [-0.1, -0.05) is 42.1 Å². The molecule has 1 N–H and O–H groups in total. The maximum atomic E-state index is 12.5. The van der Waals surface area contributed by atoms with E-state index < -0.39 is 22.9 Å². The molecule has 168 valence electrons. The van der Waals surface area contributed by atoms with Crippen molar-refractivity contribution >= 4 is 46.4 Å². The van der Waals surface area contributed by atoms with Crippen LogP contribution in [0, 0.1) is 10.1 Å². The molecule has 1 aliphatic heterocycles. The van der Waals surface area contributed by atoms with Gasteiger partial charge in [-0.05, 0) is 37.3 Å². The minimum Gasteiger partial charge on any atom is -0.452 e. The SMILES string of the molecule is C[C@@H](OC(=O)CCN1c2ccccc2Sc2ccccc21)C(=O)Nc1cccc([N+](=O)[O-])c1. The summed E-state index contributed by atoms with van der Waals surface area (Å²) in [5.74, 6) is -1.07. The molecular weight excluding hydrogens is 442 g/mol. The Morgan fingerprint density at radius 3 is 2.30 bits per heavy atom. The van der Waals surface area contributed by atoms with Gasteiger partial charge in [0.1, 0.15) is 0 Å². The van der Waals surface area contributed by atoms with Crippen molar-refractivity contribution in [3.05, 3.63) is 82.9 Å². The van der Waals surface area contributed by atoms with E-state index in [9.17, 15) is 19.7 Å². The molecule has 0 aromatic heterocycles. The predicted octanol–water partition coefficient (Wildman–Crippen LogP) is 5.16. The maximum Gasteiger partial charge on any atom is 0.308 e. The highest BCUT2D eigenvalue weighted by Gasteiger charge is 2.24. The van der Waals surface area contributed by atoms with Crippen LogP contribution in [0.15, 0.2) is 82.6 Å². The van der Waals surface area contributed by atoms with Crippen LogP contribution in [0.5, 0.6) is 0 Å². The Hall–Kier alpha value is -3.85. The number of nitrogens with one attached hydrogen (secondary N) is 1. The number of hydrogen-bond acceptors (Lipinski definition) is 7. The van der Waals surface area contributed by atoms with Crippen molar-refractivity contribution in [2.24, 2.45) is 0 Å². The van der Waals surface area contributed by atoms with E-state index in [-0.39, 0.29) is 17.8 Å². The number of carbonyl (C=O) groups is 2. The van der Waals surface area contributed by atoms with Crippen LogP contribution in [0.1, 0.15) is 13.3 Å². The highest BCUT2D eigenvalue weighted by Crippen LogP contribution is 2.47. The van der Waals surface area contributed by atoms with Gasteiger partial charge in [0.05, 0.1) is 22.7 Å². The molecule has 0 saturated heterocycles. The number of carbonyl (C=O) groups excluding carboxylic acids is 2. The number of non-ortho nitro benzene ring substituents is 1. The lowest BCUT2D eigenvalue weighted by molar-refractivity contribution is -0.384. The van der Waals surface area contributed by atoms with Crippen molar-refractivity contribution in [3.8, 4) is 0 Å². The van der Waals surface area contributed by atoms with Gasteiger partial charge in [0.2, 0.25) is 0 Å². The number of amides is 1. The molecule has 1 atom stereocenters. The van der Waals surface area contributed by atoms with Crippen LogP contribution in [-0.2, 0) is 14.3 Å². The number of ether oxygens (including phenoxy) is 1. The number of hydrogen-bond donors (Lipinski definition) is 1. The number of benzene rings is 3. The van der Waals surface area contributed by atoms with E-state index in [1.165, 1.54) is 31.2 Å². The molecule has 4 rings (SSSR count). The third-order valence-corrected chi connectivity index (χ3v) is 6.20. The summed E-state index contributed by atoms with van der Waals surface area (Å²) < 4.78 is 5.31. The Bertz CT molecular complexity index is 1170. The molecule has 0 spiro atoms. The minimum atomic E-state index is -1.05. The Kier molecular flexibility index (Phi) is 6.60. The molecule has 0 radical (unpaired) electrons. The molecule has 1 amide bonds. The molecule has 1 heterocycles. The van der Waals surface area contributed by atoms with Crippen LogP contribution < -0.4 is 10.2 Å². The van der Waals surface area contributed by atoms with Crippen molar-refractivity contribution in [1.29, 1.82) is 0 Å². The molecule has 0 saturated carbocycles. The zero-order valence-electron chi connectivity index (χ0n) is 17.8. The van der Waals surface area contributed by atoms with E-state index >= 15 is 0 Å². The minimum absolute atomic E-state index is 0.0851. The topological polar surface area (TPSA) is 102 Å². The van der Waals surface area contributed by atoms with Crippen LogP contribution in [0.25, 0.3) is 0 Å². The molecule has 0 unspecified atom stereocenters. The Labute approximate surface area is 194 Å². The van der Waals surface area contributed by atoms with Gasteiger partial charge in [-0.15, -0.1) is 0 Å². The lowest BCUT2D eigenvalue weighted by Crippen LogP contribution is -2.31. The summed E-state index contributed by atoms with van der Waals surface area (Å²) in [7, 11) is 0. The zero-order chi connectivity index (χ0) is 23.4. The maximum absolute atomic E-state index is 12.5. The molecule has 3 aromatic rings. The molecule has 1 aliphatic rings. The molecular formula is C24H21N3O5S. The van der Waals surface area contributed by atoms with Gasteiger partial charge in [0.25, 0.3) is 11.6 Å². The van der Waals surface area contributed by atoms with Crippen LogP contribution in [0.2, 0.25) is 0 Å². The molecule has 33 heavy (non-hydrogen) atoms. The Morgan fingerprint density at radius 1 is 1.03 bits per heavy atom. The van der Waals surface area contributed by atoms with E-state index in [2.05, 4.69) is 10.2 Å². The van der Waals surface area contributed by atoms with Crippen molar-refractivity contribution in [1.82, 2.24) is 0 Å². The van der Waals surface area contributed by atoms with Gasteiger partial charge >= 0.3 is 5.97 Å². The monoisotopic (exact) mass is 463 g/mol. The number of para-hydroxylation sites is 2. The summed E-state index contributed by atoms with van der Waals surface area (Å²) in [5.41, 5.74) is 2.16. The number of anilines is 3. The second-order valence-electron chi connectivity index (χ2n) is 7.37. The van der Waals surface area contributed by atoms with Crippen molar-refractivity contribution in [2.75, 3.05) is 16.8 Å². The lowest BCUT2D eigenvalue weighted by Gasteiger charge is -2.32. The highest BCUT2D eigenvalue weighted by atomic mass is 32.2. The largest absolute Gasteiger partial charge is 0.452 e. The van der Waals surface area contributed by atoms with Gasteiger partial charge in [-0.3, -0.25) is 19.7 Å². The number of nitrogens with zero attached hydrogens (tertiary/aromatic N) is 2. The summed E-state index contributed by atoms with van der Waals surface area (Å²) in [5, 5.41) is 13.4. The first-order valence-electron chi connectivity index (χ1n) is 10.3. The fraction of sp³-hybridized carbons (Fsp3) is 0.167. The average Bonchev–Trinajstić information content (AvgIpc) is 2.81. The van der Waals surface area contributed by atoms with Crippen LogP contribution >= 0.6 is 11.8 Å². The smallest absolute Gasteiger partial charge is 0.308 e. The molecule has 8 nitrogen and oxygen atoms in total. The molecule has 0 fully saturated rings. The quantitative estimate of drug-likeness (QED) is 0.293. The summed E-state index contributed by atoms with van der Waals surface area (Å²) in [6.45, 7) is 1.86. The normalized spacial score (nSPS) is 12.8. The van der Waals surface area contributed by atoms with E-state index in [0.29, 0.717) is 6.54 Å². The van der Waals surface area contributed by atoms with Gasteiger partial charge in [0, 0.05) is 34.2 Å². The molecule has 3 aromatic carbocycles. The van der Waals surface area contributed by atoms with Gasteiger partial charge in [-0.25, -0.2) is 0 Å². The number of rotatable bonds is 7. The number of nitro benzene ring substituents is 1. The molecule has 0 bridgehead atoms. The summed E-state index contributed by atoms with van der Waals surface area (Å²) in [6, 6.07) is 21.6. The number of esters is 1. The van der Waals surface area contributed by atoms with Crippen molar-refractivity contribution in [2.45, 2.75) is 29.2 Å². The summed E-state index contributed by atoms with van der Waals surface area (Å²) >= 11 is 1.69. The fourth-order valence-corrected chi connectivity index (χ4v) is 4.57. The van der Waals surface area contributed by atoms with E-state index in [4.69, 9.17) is 4.74 Å².